The van der Waals surface area contributed by atoms with Gasteiger partial charge in [-0.3, -0.25) is 0 Å². The van der Waals surface area contributed by atoms with Crippen molar-refractivity contribution in [3.63, 3.8) is 0 Å². The highest BCUT2D eigenvalue weighted by Crippen LogP contribution is 2.29. The normalized spacial score (nSPS) is 12.6. The quantitative estimate of drug-likeness (QED) is 0.827. The predicted octanol–water partition coefficient (Wildman–Crippen LogP) is 4.21. The van der Waals surface area contributed by atoms with E-state index < -0.39 is 6.10 Å². The van der Waals surface area contributed by atoms with Crippen LogP contribution in [0.2, 0.25) is 0 Å². The summed E-state index contributed by atoms with van der Waals surface area (Å²) in [6, 6.07) is 5.76. The second kappa shape index (κ2) is 5.10. The molecule has 0 radical (unpaired) electrons. The van der Waals surface area contributed by atoms with Gasteiger partial charge in [0.2, 0.25) is 0 Å². The van der Waals surface area contributed by atoms with Crippen molar-refractivity contribution in [2.75, 3.05) is 0 Å². The molecule has 1 atom stereocenters. The van der Waals surface area contributed by atoms with E-state index in [0.717, 1.165) is 20.1 Å². The molecule has 3 heteroatoms. The van der Waals surface area contributed by atoms with Crippen LogP contribution in [0.3, 0.4) is 0 Å². The van der Waals surface area contributed by atoms with E-state index in [2.05, 4.69) is 38.4 Å². The molecule has 14 heavy (non-hydrogen) atoms. The van der Waals surface area contributed by atoms with Crippen molar-refractivity contribution in [2.24, 2.45) is 0 Å². The van der Waals surface area contributed by atoms with Gasteiger partial charge in [-0.05, 0) is 37.1 Å². The third-order valence-electron chi connectivity index (χ3n) is 1.86. The van der Waals surface area contributed by atoms with Crippen LogP contribution in [0, 0.1) is 0 Å². The van der Waals surface area contributed by atoms with Crippen molar-refractivity contribution in [3.8, 4) is 0 Å². The molecule has 0 aromatic heterocycles. The Morgan fingerprint density at radius 1 is 1.50 bits per heavy atom. The van der Waals surface area contributed by atoms with Crippen LogP contribution in [-0.4, -0.2) is 5.11 Å². The molecule has 1 rings (SSSR count). The minimum Gasteiger partial charge on any atom is -0.388 e. The summed E-state index contributed by atoms with van der Waals surface area (Å²) >= 11 is 6.79. The number of halogens is 2. The van der Waals surface area contributed by atoms with Gasteiger partial charge in [0.15, 0.2) is 0 Å². The summed E-state index contributed by atoms with van der Waals surface area (Å²) < 4.78 is 1.89. The van der Waals surface area contributed by atoms with Crippen molar-refractivity contribution in [1.82, 2.24) is 0 Å². The van der Waals surface area contributed by atoms with Crippen molar-refractivity contribution in [3.05, 3.63) is 44.9 Å². The first kappa shape index (κ1) is 12.0. The number of hydrogen-bond acceptors (Lipinski definition) is 1. The van der Waals surface area contributed by atoms with Gasteiger partial charge >= 0.3 is 0 Å². The number of rotatable bonds is 3. The van der Waals surface area contributed by atoms with E-state index in [1.807, 2.05) is 25.1 Å². The maximum absolute atomic E-state index is 9.88. The van der Waals surface area contributed by atoms with Crippen molar-refractivity contribution >= 4 is 31.9 Å². The van der Waals surface area contributed by atoms with Gasteiger partial charge in [-0.1, -0.05) is 37.4 Å². The van der Waals surface area contributed by atoms with Crippen LogP contribution >= 0.6 is 31.9 Å². The lowest BCUT2D eigenvalue weighted by Crippen LogP contribution is -1.98. The zero-order valence-corrected chi connectivity index (χ0v) is 11.1. The van der Waals surface area contributed by atoms with E-state index in [9.17, 15) is 5.11 Å². The summed E-state index contributed by atoms with van der Waals surface area (Å²) in [5, 5.41) is 9.88. The van der Waals surface area contributed by atoms with Gasteiger partial charge in [-0.15, -0.1) is 6.58 Å². The molecule has 0 amide bonds. The fraction of sp³-hybridized carbons (Fsp3) is 0.273. The molecule has 0 aliphatic carbocycles. The lowest BCUT2D eigenvalue weighted by molar-refractivity contribution is 0.177. The first-order valence-electron chi connectivity index (χ1n) is 4.28. The van der Waals surface area contributed by atoms with Gasteiger partial charge in [0.25, 0.3) is 0 Å². The lowest BCUT2D eigenvalue weighted by atomic mass is 10.0. The number of benzene rings is 1. The second-order valence-corrected chi connectivity index (χ2v) is 5.11. The maximum atomic E-state index is 9.88. The lowest BCUT2D eigenvalue weighted by Gasteiger charge is -2.13. The maximum Gasteiger partial charge on any atom is 0.0838 e. The molecule has 1 aromatic rings. The van der Waals surface area contributed by atoms with E-state index in [1.54, 1.807) is 0 Å². The Morgan fingerprint density at radius 2 is 2.14 bits per heavy atom. The first-order valence-corrected chi connectivity index (χ1v) is 5.86. The largest absolute Gasteiger partial charge is 0.388 e. The van der Waals surface area contributed by atoms with Crippen LogP contribution in [0.4, 0.5) is 0 Å². The summed E-state index contributed by atoms with van der Waals surface area (Å²) in [5.74, 6) is 0. The van der Waals surface area contributed by atoms with E-state index >= 15 is 0 Å². The fourth-order valence-corrected chi connectivity index (χ4v) is 2.10. The van der Waals surface area contributed by atoms with Gasteiger partial charge in [-0.2, -0.15) is 0 Å². The Morgan fingerprint density at radius 3 is 2.71 bits per heavy atom. The molecule has 0 saturated heterocycles. The first-order chi connectivity index (χ1) is 6.50. The Labute approximate surface area is 101 Å². The topological polar surface area (TPSA) is 20.2 Å². The zero-order valence-electron chi connectivity index (χ0n) is 7.93. The molecule has 0 saturated carbocycles. The van der Waals surface area contributed by atoms with E-state index in [-0.39, 0.29) is 0 Å². The zero-order chi connectivity index (χ0) is 10.7. The van der Waals surface area contributed by atoms with Crippen LogP contribution < -0.4 is 0 Å². The van der Waals surface area contributed by atoms with Crippen LogP contribution in [0.1, 0.15) is 25.0 Å². The molecule has 0 fully saturated rings. The summed E-state index contributed by atoms with van der Waals surface area (Å²) in [7, 11) is 0. The smallest absolute Gasteiger partial charge is 0.0838 e. The Kier molecular flexibility index (Phi) is 4.35. The highest BCUT2D eigenvalue weighted by Gasteiger charge is 2.11. The summed E-state index contributed by atoms with van der Waals surface area (Å²) in [6.45, 7) is 5.70. The average molecular weight is 320 g/mol. The molecule has 76 valence electrons. The molecule has 0 aliphatic heterocycles. The molecule has 0 aliphatic rings. The third kappa shape index (κ3) is 3.23. The summed E-state index contributed by atoms with van der Waals surface area (Å²) in [6.07, 6.45) is 0.106. The van der Waals surface area contributed by atoms with Gasteiger partial charge < -0.3 is 5.11 Å². The SMILES string of the molecule is C=C(C)CC(O)c1cc(Br)ccc1Br. The highest BCUT2D eigenvalue weighted by molar-refractivity contribution is 9.11. The molecule has 1 N–H and O–H groups in total. The molecular formula is C11H12Br2O. The average Bonchev–Trinajstić information content (AvgIpc) is 2.08. The minimum absolute atomic E-state index is 0.487. The number of hydrogen-bond donors (Lipinski definition) is 1. The van der Waals surface area contributed by atoms with Gasteiger partial charge in [-0.25, -0.2) is 0 Å². The van der Waals surface area contributed by atoms with Crippen molar-refractivity contribution in [2.45, 2.75) is 19.4 Å². The van der Waals surface area contributed by atoms with Crippen LogP contribution in [0.25, 0.3) is 0 Å². The molecular weight excluding hydrogens is 308 g/mol. The van der Waals surface area contributed by atoms with Crippen LogP contribution in [-0.2, 0) is 0 Å². The third-order valence-corrected chi connectivity index (χ3v) is 3.07. The number of aliphatic hydroxyl groups is 1. The van der Waals surface area contributed by atoms with E-state index in [0.29, 0.717) is 6.42 Å². The molecule has 0 spiro atoms. The monoisotopic (exact) mass is 318 g/mol. The standard InChI is InChI=1S/C11H12Br2O/c1-7(2)5-11(14)9-6-8(12)3-4-10(9)13/h3-4,6,11,14H,1,5H2,2H3. The minimum atomic E-state index is -0.487. The van der Waals surface area contributed by atoms with Crippen LogP contribution in [0.15, 0.2) is 39.3 Å². The van der Waals surface area contributed by atoms with Gasteiger partial charge in [0.05, 0.1) is 6.10 Å². The highest BCUT2D eigenvalue weighted by atomic mass is 79.9. The van der Waals surface area contributed by atoms with E-state index in [4.69, 9.17) is 0 Å². The Balaban J connectivity index is 2.93. The predicted molar refractivity (Wildman–Crippen MR) is 66.2 cm³/mol. The summed E-state index contributed by atoms with van der Waals surface area (Å²) in [4.78, 5) is 0. The van der Waals surface area contributed by atoms with Crippen molar-refractivity contribution < 1.29 is 5.11 Å². The summed E-state index contributed by atoms with van der Waals surface area (Å²) in [5.41, 5.74) is 1.87. The van der Waals surface area contributed by atoms with Gasteiger partial charge in [0, 0.05) is 8.95 Å². The molecule has 0 heterocycles. The van der Waals surface area contributed by atoms with Gasteiger partial charge in [0.1, 0.15) is 0 Å². The Hall–Kier alpha value is -0.120. The molecule has 0 bridgehead atoms. The van der Waals surface area contributed by atoms with E-state index in [1.165, 1.54) is 0 Å². The molecule has 1 nitrogen and oxygen atoms in total. The Bertz CT molecular complexity index is 347. The number of aliphatic hydroxyl groups excluding tert-OH is 1. The fourth-order valence-electron chi connectivity index (χ4n) is 1.21. The van der Waals surface area contributed by atoms with Crippen LogP contribution in [0.5, 0.6) is 0 Å². The molecule has 1 aromatic carbocycles. The molecule has 1 unspecified atom stereocenters. The van der Waals surface area contributed by atoms with Crippen molar-refractivity contribution in [1.29, 1.82) is 0 Å². The second-order valence-electron chi connectivity index (χ2n) is 3.34.